The summed E-state index contributed by atoms with van der Waals surface area (Å²) in [5.41, 5.74) is 0.420. The van der Waals surface area contributed by atoms with Crippen LogP contribution in [-0.2, 0) is 9.47 Å². The highest BCUT2D eigenvalue weighted by molar-refractivity contribution is 4.88. The lowest BCUT2D eigenvalue weighted by atomic mass is 9.75. The Morgan fingerprint density at radius 1 is 1.24 bits per heavy atom. The van der Waals surface area contributed by atoms with Gasteiger partial charge in [0.05, 0.1) is 12.2 Å². The minimum Gasteiger partial charge on any atom is -0.381 e. The molecule has 2 unspecified atom stereocenters. The summed E-state index contributed by atoms with van der Waals surface area (Å²) in [4.78, 5) is 0. The molecule has 0 radical (unpaired) electrons. The number of hydrogen-bond acceptors (Lipinski definition) is 3. The minimum atomic E-state index is 0.420. The molecule has 0 amide bonds. The Bertz CT molecular complexity index is 226. The van der Waals surface area contributed by atoms with Crippen LogP contribution in [0.5, 0.6) is 0 Å². The smallest absolute Gasteiger partial charge is 0.0585 e. The SMILES string of the molecule is CCNCC1(CC2CCC(C)O2)CCOCC1. The number of hydrogen-bond donors (Lipinski definition) is 1. The monoisotopic (exact) mass is 241 g/mol. The first-order chi connectivity index (χ1) is 8.24. The predicted molar refractivity (Wildman–Crippen MR) is 69.2 cm³/mol. The van der Waals surface area contributed by atoms with Crippen LogP contribution in [0.2, 0.25) is 0 Å². The Kier molecular flexibility index (Phi) is 4.83. The number of rotatable bonds is 5. The average Bonchev–Trinajstić information content (AvgIpc) is 2.73. The summed E-state index contributed by atoms with van der Waals surface area (Å²) in [5.74, 6) is 0. The molecule has 2 aliphatic heterocycles. The van der Waals surface area contributed by atoms with Gasteiger partial charge in [-0.1, -0.05) is 6.92 Å². The van der Waals surface area contributed by atoms with E-state index in [4.69, 9.17) is 9.47 Å². The molecule has 2 heterocycles. The van der Waals surface area contributed by atoms with E-state index in [1.54, 1.807) is 0 Å². The molecule has 0 bridgehead atoms. The molecule has 3 heteroatoms. The van der Waals surface area contributed by atoms with Gasteiger partial charge in [0.2, 0.25) is 0 Å². The highest BCUT2D eigenvalue weighted by Gasteiger charge is 2.36. The zero-order chi connectivity index (χ0) is 12.1. The van der Waals surface area contributed by atoms with Crippen molar-refractivity contribution in [2.45, 2.75) is 58.2 Å². The summed E-state index contributed by atoms with van der Waals surface area (Å²) in [7, 11) is 0. The van der Waals surface area contributed by atoms with Gasteiger partial charge in [0.15, 0.2) is 0 Å². The van der Waals surface area contributed by atoms with Crippen molar-refractivity contribution >= 4 is 0 Å². The Morgan fingerprint density at radius 3 is 2.59 bits per heavy atom. The fraction of sp³-hybridized carbons (Fsp3) is 1.00. The number of nitrogens with one attached hydrogen (secondary N) is 1. The highest BCUT2D eigenvalue weighted by atomic mass is 16.5. The Labute approximate surface area is 105 Å². The third-order valence-electron chi connectivity index (χ3n) is 4.28. The van der Waals surface area contributed by atoms with Gasteiger partial charge >= 0.3 is 0 Å². The molecule has 0 aromatic rings. The second kappa shape index (κ2) is 6.17. The minimum absolute atomic E-state index is 0.420. The molecule has 2 atom stereocenters. The molecule has 0 saturated carbocycles. The lowest BCUT2D eigenvalue weighted by Gasteiger charge is -2.39. The lowest BCUT2D eigenvalue weighted by molar-refractivity contribution is -0.0300. The Balaban J connectivity index is 1.89. The molecule has 100 valence electrons. The zero-order valence-corrected chi connectivity index (χ0v) is 11.3. The predicted octanol–water partition coefficient (Wildman–Crippen LogP) is 2.35. The normalized spacial score (nSPS) is 32.8. The van der Waals surface area contributed by atoms with E-state index in [0.717, 1.165) is 26.3 Å². The van der Waals surface area contributed by atoms with Crippen LogP contribution in [0.15, 0.2) is 0 Å². The zero-order valence-electron chi connectivity index (χ0n) is 11.3. The van der Waals surface area contributed by atoms with E-state index >= 15 is 0 Å². The van der Waals surface area contributed by atoms with Gasteiger partial charge in [-0.15, -0.1) is 0 Å². The summed E-state index contributed by atoms with van der Waals surface area (Å²) in [6.07, 6.45) is 7.03. The maximum absolute atomic E-state index is 6.00. The van der Waals surface area contributed by atoms with Gasteiger partial charge in [-0.25, -0.2) is 0 Å². The standard InChI is InChI=1S/C14H27NO2/c1-3-15-11-14(6-8-16-9-7-14)10-13-5-4-12(2)17-13/h12-13,15H,3-11H2,1-2H3. The van der Waals surface area contributed by atoms with Crippen LogP contribution in [0.1, 0.15) is 46.0 Å². The van der Waals surface area contributed by atoms with Crippen molar-refractivity contribution in [1.82, 2.24) is 5.32 Å². The van der Waals surface area contributed by atoms with Gasteiger partial charge in [-0.2, -0.15) is 0 Å². The second-order valence-electron chi connectivity index (χ2n) is 5.74. The maximum Gasteiger partial charge on any atom is 0.0585 e. The quantitative estimate of drug-likeness (QED) is 0.801. The summed E-state index contributed by atoms with van der Waals surface area (Å²) in [6.45, 7) is 8.41. The van der Waals surface area contributed by atoms with E-state index in [2.05, 4.69) is 19.2 Å². The Morgan fingerprint density at radius 2 is 2.00 bits per heavy atom. The topological polar surface area (TPSA) is 30.5 Å². The van der Waals surface area contributed by atoms with Crippen molar-refractivity contribution in [2.24, 2.45) is 5.41 Å². The van der Waals surface area contributed by atoms with Crippen LogP contribution < -0.4 is 5.32 Å². The van der Waals surface area contributed by atoms with E-state index in [0.29, 0.717) is 17.6 Å². The van der Waals surface area contributed by atoms with Gasteiger partial charge in [0.25, 0.3) is 0 Å². The molecule has 2 rings (SSSR count). The maximum atomic E-state index is 6.00. The molecule has 1 N–H and O–H groups in total. The van der Waals surface area contributed by atoms with Crippen LogP contribution >= 0.6 is 0 Å². The van der Waals surface area contributed by atoms with Crippen LogP contribution in [0.25, 0.3) is 0 Å². The largest absolute Gasteiger partial charge is 0.381 e. The molecule has 2 aliphatic rings. The summed E-state index contributed by atoms with van der Waals surface area (Å²) < 4.78 is 11.5. The molecule has 3 nitrogen and oxygen atoms in total. The molecule has 2 saturated heterocycles. The summed E-state index contributed by atoms with van der Waals surface area (Å²) >= 11 is 0. The molecular weight excluding hydrogens is 214 g/mol. The van der Waals surface area contributed by atoms with Gasteiger partial charge in [0.1, 0.15) is 0 Å². The van der Waals surface area contributed by atoms with Crippen LogP contribution in [0.3, 0.4) is 0 Å². The summed E-state index contributed by atoms with van der Waals surface area (Å²) in [6, 6.07) is 0. The summed E-state index contributed by atoms with van der Waals surface area (Å²) in [5, 5.41) is 3.53. The van der Waals surface area contributed by atoms with Gasteiger partial charge in [-0.3, -0.25) is 0 Å². The average molecular weight is 241 g/mol. The van der Waals surface area contributed by atoms with Crippen molar-refractivity contribution < 1.29 is 9.47 Å². The van der Waals surface area contributed by atoms with Crippen molar-refractivity contribution in [2.75, 3.05) is 26.3 Å². The second-order valence-corrected chi connectivity index (χ2v) is 5.74. The van der Waals surface area contributed by atoms with Crippen molar-refractivity contribution in [3.63, 3.8) is 0 Å². The fourth-order valence-corrected chi connectivity index (χ4v) is 3.17. The van der Waals surface area contributed by atoms with Crippen molar-refractivity contribution in [3.05, 3.63) is 0 Å². The lowest BCUT2D eigenvalue weighted by Crippen LogP contribution is -2.41. The number of ether oxygens (including phenoxy) is 2. The molecule has 2 fully saturated rings. The van der Waals surface area contributed by atoms with Crippen molar-refractivity contribution in [3.8, 4) is 0 Å². The molecule has 0 aliphatic carbocycles. The van der Waals surface area contributed by atoms with Crippen LogP contribution in [-0.4, -0.2) is 38.5 Å². The first kappa shape index (κ1) is 13.3. The Hall–Kier alpha value is -0.120. The first-order valence-electron chi connectivity index (χ1n) is 7.18. The van der Waals surface area contributed by atoms with Crippen LogP contribution in [0, 0.1) is 5.41 Å². The third-order valence-corrected chi connectivity index (χ3v) is 4.28. The third kappa shape index (κ3) is 3.67. The molecule has 17 heavy (non-hydrogen) atoms. The fourth-order valence-electron chi connectivity index (χ4n) is 3.17. The molecular formula is C14H27NO2. The van der Waals surface area contributed by atoms with Gasteiger partial charge < -0.3 is 14.8 Å². The molecule has 0 spiro atoms. The van der Waals surface area contributed by atoms with Crippen LogP contribution in [0.4, 0.5) is 0 Å². The molecule has 0 aromatic carbocycles. The van der Waals surface area contributed by atoms with Gasteiger partial charge in [-0.05, 0) is 51.0 Å². The van der Waals surface area contributed by atoms with E-state index in [-0.39, 0.29) is 0 Å². The highest BCUT2D eigenvalue weighted by Crippen LogP contribution is 2.38. The first-order valence-corrected chi connectivity index (χ1v) is 7.18. The van der Waals surface area contributed by atoms with E-state index < -0.39 is 0 Å². The van der Waals surface area contributed by atoms with Crippen molar-refractivity contribution in [1.29, 1.82) is 0 Å². The van der Waals surface area contributed by atoms with Gasteiger partial charge in [0, 0.05) is 19.8 Å². The van der Waals surface area contributed by atoms with E-state index in [9.17, 15) is 0 Å². The van der Waals surface area contributed by atoms with E-state index in [1.165, 1.54) is 32.1 Å². The van der Waals surface area contributed by atoms with E-state index in [1.807, 2.05) is 0 Å². The molecule has 0 aromatic heterocycles.